The van der Waals surface area contributed by atoms with Gasteiger partial charge in [0.2, 0.25) is 0 Å². The van der Waals surface area contributed by atoms with Crippen LogP contribution in [0, 0.1) is 17.0 Å². The molecule has 1 rings (SSSR count). The molecule has 5 heteroatoms. The highest BCUT2D eigenvalue weighted by molar-refractivity contribution is 9.10. The lowest BCUT2D eigenvalue weighted by atomic mass is 10.2. The largest absolute Gasteiger partial charge is 0.387 e. The lowest BCUT2D eigenvalue weighted by Crippen LogP contribution is -1.95. The van der Waals surface area contributed by atoms with Crippen molar-refractivity contribution in [3.8, 4) is 0 Å². The van der Waals surface area contributed by atoms with E-state index >= 15 is 0 Å². The smallest absolute Gasteiger partial charge is 0.274 e. The van der Waals surface area contributed by atoms with Gasteiger partial charge in [-0.15, -0.1) is 0 Å². The van der Waals surface area contributed by atoms with Crippen LogP contribution in [0.25, 0.3) is 0 Å². The first-order chi connectivity index (χ1) is 6.06. The molecule has 0 saturated carbocycles. The van der Waals surface area contributed by atoms with Gasteiger partial charge in [-0.3, -0.25) is 10.1 Å². The Morgan fingerprint density at radius 2 is 2.15 bits per heavy atom. The van der Waals surface area contributed by atoms with Gasteiger partial charge >= 0.3 is 0 Å². The van der Waals surface area contributed by atoms with Crippen LogP contribution in [0.5, 0.6) is 0 Å². The fourth-order valence-electron chi connectivity index (χ4n) is 1.05. The number of hydrogen-bond acceptors (Lipinski definition) is 3. The predicted molar refractivity (Wildman–Crippen MR) is 55.1 cm³/mol. The summed E-state index contributed by atoms with van der Waals surface area (Å²) in [6.07, 6.45) is 0. The van der Waals surface area contributed by atoms with Crippen molar-refractivity contribution < 1.29 is 4.92 Å². The Kier molecular flexibility index (Phi) is 2.87. The normalized spacial score (nSPS) is 9.77. The van der Waals surface area contributed by atoms with Crippen molar-refractivity contribution in [2.24, 2.45) is 0 Å². The van der Waals surface area contributed by atoms with Gasteiger partial charge in [-0.1, -0.05) is 0 Å². The average molecular weight is 245 g/mol. The zero-order valence-electron chi connectivity index (χ0n) is 7.30. The molecule has 1 aromatic carbocycles. The van der Waals surface area contributed by atoms with Gasteiger partial charge in [-0.2, -0.15) is 0 Å². The molecule has 1 aromatic rings. The van der Waals surface area contributed by atoms with Crippen molar-refractivity contribution >= 4 is 27.3 Å². The summed E-state index contributed by atoms with van der Waals surface area (Å²) in [6, 6.07) is 3.24. The fourth-order valence-corrected chi connectivity index (χ4v) is 1.71. The SMILES string of the molecule is CNc1cc([N+](=O)[O-])c(C)cc1Br. The Morgan fingerprint density at radius 1 is 1.54 bits per heavy atom. The topological polar surface area (TPSA) is 55.2 Å². The summed E-state index contributed by atoms with van der Waals surface area (Å²) in [4.78, 5) is 10.2. The van der Waals surface area contributed by atoms with E-state index in [1.807, 2.05) is 0 Å². The second-order valence-electron chi connectivity index (χ2n) is 2.63. The highest BCUT2D eigenvalue weighted by Gasteiger charge is 2.12. The maximum atomic E-state index is 10.6. The highest BCUT2D eigenvalue weighted by Crippen LogP contribution is 2.29. The van der Waals surface area contributed by atoms with E-state index in [4.69, 9.17) is 0 Å². The van der Waals surface area contributed by atoms with E-state index in [1.54, 1.807) is 20.0 Å². The molecule has 0 fully saturated rings. The molecule has 13 heavy (non-hydrogen) atoms. The molecule has 70 valence electrons. The van der Waals surface area contributed by atoms with Gasteiger partial charge in [-0.25, -0.2) is 0 Å². The number of anilines is 1. The Morgan fingerprint density at radius 3 is 2.62 bits per heavy atom. The molecule has 0 saturated heterocycles. The molecular formula is C8H9BrN2O2. The van der Waals surface area contributed by atoms with Crippen LogP contribution in [0.1, 0.15) is 5.56 Å². The summed E-state index contributed by atoms with van der Waals surface area (Å²) in [6.45, 7) is 1.71. The van der Waals surface area contributed by atoms with Crippen molar-refractivity contribution in [2.45, 2.75) is 6.92 Å². The zero-order valence-corrected chi connectivity index (χ0v) is 8.88. The summed E-state index contributed by atoms with van der Waals surface area (Å²) in [7, 11) is 1.72. The maximum absolute atomic E-state index is 10.6. The molecule has 0 atom stereocenters. The molecule has 0 aliphatic heterocycles. The van der Waals surface area contributed by atoms with Crippen LogP contribution in [-0.4, -0.2) is 12.0 Å². The second-order valence-corrected chi connectivity index (χ2v) is 3.48. The van der Waals surface area contributed by atoms with E-state index in [0.717, 1.165) is 10.2 Å². The minimum absolute atomic E-state index is 0.132. The minimum atomic E-state index is -0.386. The molecular weight excluding hydrogens is 236 g/mol. The van der Waals surface area contributed by atoms with Gasteiger partial charge in [0.25, 0.3) is 5.69 Å². The number of rotatable bonds is 2. The lowest BCUT2D eigenvalue weighted by Gasteiger charge is -2.04. The van der Waals surface area contributed by atoms with Gasteiger partial charge < -0.3 is 5.32 Å². The molecule has 0 heterocycles. The van der Waals surface area contributed by atoms with Crippen LogP contribution in [0.4, 0.5) is 11.4 Å². The Balaban J connectivity index is 3.30. The predicted octanol–water partition coefficient (Wildman–Crippen LogP) is 2.71. The first-order valence-electron chi connectivity index (χ1n) is 3.68. The zero-order chi connectivity index (χ0) is 10.0. The summed E-state index contributed by atoms with van der Waals surface area (Å²) < 4.78 is 0.832. The van der Waals surface area contributed by atoms with E-state index < -0.39 is 0 Å². The first kappa shape index (κ1) is 9.98. The van der Waals surface area contributed by atoms with Crippen LogP contribution in [0.15, 0.2) is 16.6 Å². The number of aryl methyl sites for hydroxylation is 1. The first-order valence-corrected chi connectivity index (χ1v) is 4.48. The van der Waals surface area contributed by atoms with Gasteiger partial charge in [0, 0.05) is 23.2 Å². The Labute approximate surface area is 84.2 Å². The number of nitro benzene ring substituents is 1. The molecule has 0 unspecified atom stereocenters. The third-order valence-corrected chi connectivity index (χ3v) is 2.41. The fraction of sp³-hybridized carbons (Fsp3) is 0.250. The van der Waals surface area contributed by atoms with Crippen molar-refractivity contribution in [3.63, 3.8) is 0 Å². The summed E-state index contributed by atoms with van der Waals surface area (Å²) in [5.41, 5.74) is 1.50. The minimum Gasteiger partial charge on any atom is -0.387 e. The van der Waals surface area contributed by atoms with E-state index in [2.05, 4.69) is 21.2 Å². The van der Waals surface area contributed by atoms with E-state index in [1.165, 1.54) is 6.07 Å². The van der Waals surface area contributed by atoms with Crippen molar-refractivity contribution in [3.05, 3.63) is 32.3 Å². The van der Waals surface area contributed by atoms with E-state index in [0.29, 0.717) is 5.56 Å². The van der Waals surface area contributed by atoms with Gasteiger partial charge in [0.15, 0.2) is 0 Å². The molecule has 0 amide bonds. The number of nitrogens with one attached hydrogen (secondary N) is 1. The Hall–Kier alpha value is -1.10. The van der Waals surface area contributed by atoms with Crippen molar-refractivity contribution in [1.29, 1.82) is 0 Å². The Bertz CT molecular complexity index is 352. The molecule has 0 radical (unpaired) electrons. The van der Waals surface area contributed by atoms with Gasteiger partial charge in [-0.05, 0) is 28.9 Å². The number of hydrogen-bond donors (Lipinski definition) is 1. The van der Waals surface area contributed by atoms with Crippen LogP contribution in [0.2, 0.25) is 0 Å². The number of nitrogens with zero attached hydrogens (tertiary/aromatic N) is 1. The molecule has 1 N–H and O–H groups in total. The van der Waals surface area contributed by atoms with E-state index in [-0.39, 0.29) is 10.6 Å². The lowest BCUT2D eigenvalue weighted by molar-refractivity contribution is -0.385. The molecule has 0 aliphatic carbocycles. The number of nitro groups is 1. The van der Waals surface area contributed by atoms with Gasteiger partial charge in [0.05, 0.1) is 10.6 Å². The third kappa shape index (κ3) is 1.98. The second kappa shape index (κ2) is 3.74. The van der Waals surface area contributed by atoms with Crippen LogP contribution in [0.3, 0.4) is 0 Å². The molecule has 0 aliphatic rings. The maximum Gasteiger partial charge on any atom is 0.274 e. The van der Waals surface area contributed by atoms with Crippen LogP contribution < -0.4 is 5.32 Å². The molecule has 0 spiro atoms. The van der Waals surface area contributed by atoms with Gasteiger partial charge in [0.1, 0.15) is 0 Å². The summed E-state index contributed by atoms with van der Waals surface area (Å²) in [5, 5.41) is 13.4. The average Bonchev–Trinajstić information content (AvgIpc) is 2.03. The molecule has 0 aromatic heterocycles. The monoisotopic (exact) mass is 244 g/mol. The summed E-state index contributed by atoms with van der Waals surface area (Å²) in [5.74, 6) is 0. The number of benzene rings is 1. The highest BCUT2D eigenvalue weighted by atomic mass is 79.9. The quantitative estimate of drug-likeness (QED) is 0.643. The van der Waals surface area contributed by atoms with Crippen LogP contribution in [-0.2, 0) is 0 Å². The van der Waals surface area contributed by atoms with Crippen molar-refractivity contribution in [1.82, 2.24) is 0 Å². The van der Waals surface area contributed by atoms with E-state index in [9.17, 15) is 10.1 Å². The molecule has 4 nitrogen and oxygen atoms in total. The molecule has 0 bridgehead atoms. The number of halogens is 1. The standard InChI is InChI=1S/C8H9BrN2O2/c1-5-3-6(9)7(10-2)4-8(5)11(12)13/h3-4,10H,1-2H3. The van der Waals surface area contributed by atoms with Crippen molar-refractivity contribution in [2.75, 3.05) is 12.4 Å². The van der Waals surface area contributed by atoms with Crippen LogP contribution >= 0.6 is 15.9 Å². The third-order valence-electron chi connectivity index (χ3n) is 1.75. The summed E-state index contributed by atoms with van der Waals surface area (Å²) >= 11 is 3.31.